The van der Waals surface area contributed by atoms with Gasteiger partial charge in [-0.1, -0.05) is 6.07 Å². The third-order valence-corrected chi connectivity index (χ3v) is 3.37. The van der Waals surface area contributed by atoms with E-state index >= 15 is 0 Å². The van der Waals surface area contributed by atoms with Gasteiger partial charge in [0, 0.05) is 16.2 Å². The van der Waals surface area contributed by atoms with Crippen LogP contribution >= 0.6 is 11.8 Å². The summed E-state index contributed by atoms with van der Waals surface area (Å²) in [6, 6.07) is 8.68. The number of esters is 1. The van der Waals surface area contributed by atoms with E-state index in [0.29, 0.717) is 5.75 Å². The summed E-state index contributed by atoms with van der Waals surface area (Å²) < 4.78 is 9.72. The number of phenols is 1. The zero-order chi connectivity index (χ0) is 13.0. The van der Waals surface area contributed by atoms with Crippen molar-refractivity contribution < 1.29 is 19.1 Å². The Kier molecular flexibility index (Phi) is 3.94. The quantitative estimate of drug-likeness (QED) is 0.679. The molecular formula is C13H12O4S. The number of carbonyl (C=O) groups is 1. The predicted octanol–water partition coefficient (Wildman–Crippen LogP) is 3.06. The van der Waals surface area contributed by atoms with Crippen molar-refractivity contribution in [2.75, 3.05) is 7.11 Å². The summed E-state index contributed by atoms with van der Waals surface area (Å²) in [7, 11) is 1.32. The fourth-order valence-electron chi connectivity index (χ4n) is 1.46. The maximum Gasteiger partial charge on any atom is 0.374 e. The monoisotopic (exact) mass is 264 g/mol. The molecule has 1 aromatic heterocycles. The van der Waals surface area contributed by atoms with Gasteiger partial charge in [-0.15, -0.1) is 11.8 Å². The first kappa shape index (κ1) is 12.6. The Bertz CT molecular complexity index is 547. The largest absolute Gasteiger partial charge is 0.508 e. The van der Waals surface area contributed by atoms with Crippen molar-refractivity contribution in [2.24, 2.45) is 0 Å². The number of rotatable bonds is 4. The highest BCUT2D eigenvalue weighted by atomic mass is 32.2. The number of methoxy groups -OCH3 is 1. The lowest BCUT2D eigenvalue weighted by Gasteiger charge is -2.02. The van der Waals surface area contributed by atoms with Crippen LogP contribution in [0.2, 0.25) is 0 Å². The Morgan fingerprint density at radius 1 is 1.44 bits per heavy atom. The Balaban J connectivity index is 2.07. The summed E-state index contributed by atoms with van der Waals surface area (Å²) in [5.41, 5.74) is 0.773. The van der Waals surface area contributed by atoms with E-state index < -0.39 is 5.97 Å². The Hall–Kier alpha value is -1.88. The smallest absolute Gasteiger partial charge is 0.374 e. The van der Waals surface area contributed by atoms with Gasteiger partial charge in [0.1, 0.15) is 5.75 Å². The number of carbonyl (C=O) groups excluding carboxylic acids is 1. The van der Waals surface area contributed by atoms with Crippen LogP contribution in [0.5, 0.6) is 5.75 Å². The number of furan rings is 1. The summed E-state index contributed by atoms with van der Waals surface area (Å²) in [5.74, 6) is 0.543. The topological polar surface area (TPSA) is 59.7 Å². The van der Waals surface area contributed by atoms with Crippen LogP contribution in [0.25, 0.3) is 0 Å². The zero-order valence-electron chi connectivity index (χ0n) is 9.75. The number of phenolic OH excluding ortho intramolecular Hbond substituents is 1. The van der Waals surface area contributed by atoms with Crippen LogP contribution < -0.4 is 0 Å². The molecule has 0 fully saturated rings. The number of benzene rings is 1. The molecule has 0 aliphatic heterocycles. The van der Waals surface area contributed by atoms with Crippen LogP contribution in [0.3, 0.4) is 0 Å². The lowest BCUT2D eigenvalue weighted by molar-refractivity contribution is 0.0564. The number of aromatic hydroxyl groups is 1. The first-order valence-corrected chi connectivity index (χ1v) is 6.26. The number of ether oxygens (including phenoxy) is 1. The van der Waals surface area contributed by atoms with E-state index in [1.54, 1.807) is 24.3 Å². The SMILES string of the molecule is COC(=O)c1occc1CSc1cccc(O)c1. The van der Waals surface area contributed by atoms with Crippen molar-refractivity contribution >= 4 is 17.7 Å². The average molecular weight is 264 g/mol. The van der Waals surface area contributed by atoms with Gasteiger partial charge in [-0.05, 0) is 24.3 Å². The predicted molar refractivity (Wildman–Crippen MR) is 67.7 cm³/mol. The minimum atomic E-state index is -0.480. The molecule has 0 amide bonds. The zero-order valence-corrected chi connectivity index (χ0v) is 10.6. The molecule has 2 aromatic rings. The third-order valence-electron chi connectivity index (χ3n) is 2.33. The molecule has 1 aromatic carbocycles. The third kappa shape index (κ3) is 2.87. The van der Waals surface area contributed by atoms with Crippen molar-refractivity contribution in [2.45, 2.75) is 10.6 Å². The standard InChI is InChI=1S/C13H12O4S/c1-16-13(15)12-9(5-6-17-12)8-18-11-4-2-3-10(14)7-11/h2-7,14H,8H2,1H3. The van der Waals surface area contributed by atoms with Crippen LogP contribution in [0.15, 0.2) is 45.9 Å². The van der Waals surface area contributed by atoms with Gasteiger partial charge in [0.2, 0.25) is 5.76 Å². The van der Waals surface area contributed by atoms with Gasteiger partial charge in [-0.3, -0.25) is 0 Å². The molecule has 94 valence electrons. The highest BCUT2D eigenvalue weighted by molar-refractivity contribution is 7.98. The van der Waals surface area contributed by atoms with Gasteiger partial charge >= 0.3 is 5.97 Å². The van der Waals surface area contributed by atoms with Gasteiger partial charge in [0.25, 0.3) is 0 Å². The van der Waals surface area contributed by atoms with E-state index in [2.05, 4.69) is 4.74 Å². The van der Waals surface area contributed by atoms with Gasteiger partial charge in [-0.25, -0.2) is 4.79 Å². The minimum Gasteiger partial charge on any atom is -0.508 e. The fraction of sp³-hybridized carbons (Fsp3) is 0.154. The Morgan fingerprint density at radius 2 is 2.28 bits per heavy atom. The van der Waals surface area contributed by atoms with E-state index in [-0.39, 0.29) is 11.5 Å². The number of hydrogen-bond donors (Lipinski definition) is 1. The molecule has 2 rings (SSSR count). The van der Waals surface area contributed by atoms with E-state index in [9.17, 15) is 9.90 Å². The van der Waals surface area contributed by atoms with Crippen molar-refractivity contribution in [1.29, 1.82) is 0 Å². The number of thioether (sulfide) groups is 1. The Labute approximate surface area is 109 Å². The maximum absolute atomic E-state index is 11.4. The molecule has 0 saturated carbocycles. The highest BCUT2D eigenvalue weighted by Crippen LogP contribution is 2.27. The summed E-state index contributed by atoms with van der Waals surface area (Å²) >= 11 is 1.51. The summed E-state index contributed by atoms with van der Waals surface area (Å²) in [4.78, 5) is 12.3. The van der Waals surface area contributed by atoms with Crippen molar-refractivity contribution in [1.82, 2.24) is 0 Å². The Morgan fingerprint density at radius 3 is 3.00 bits per heavy atom. The second-order valence-electron chi connectivity index (χ2n) is 3.55. The van der Waals surface area contributed by atoms with Crippen molar-refractivity contribution in [3.63, 3.8) is 0 Å². The first-order chi connectivity index (χ1) is 8.70. The van der Waals surface area contributed by atoms with Crippen LogP contribution in [0.1, 0.15) is 16.1 Å². The van der Waals surface area contributed by atoms with Crippen molar-refractivity contribution in [3.05, 3.63) is 47.9 Å². The molecule has 0 bridgehead atoms. The molecule has 0 radical (unpaired) electrons. The summed E-state index contributed by atoms with van der Waals surface area (Å²) in [6.07, 6.45) is 1.46. The lowest BCUT2D eigenvalue weighted by Crippen LogP contribution is -2.02. The average Bonchev–Trinajstić information content (AvgIpc) is 2.84. The molecule has 0 unspecified atom stereocenters. The second kappa shape index (κ2) is 5.64. The van der Waals surface area contributed by atoms with Gasteiger partial charge < -0.3 is 14.3 Å². The lowest BCUT2D eigenvalue weighted by atomic mass is 10.3. The molecule has 18 heavy (non-hydrogen) atoms. The van der Waals surface area contributed by atoms with Crippen LogP contribution in [0, 0.1) is 0 Å². The summed E-state index contributed by atoms with van der Waals surface area (Å²) in [6.45, 7) is 0. The maximum atomic E-state index is 11.4. The second-order valence-corrected chi connectivity index (χ2v) is 4.60. The normalized spacial score (nSPS) is 10.3. The minimum absolute atomic E-state index is 0.223. The van der Waals surface area contributed by atoms with E-state index in [0.717, 1.165) is 10.5 Å². The van der Waals surface area contributed by atoms with Gasteiger partial charge in [-0.2, -0.15) is 0 Å². The first-order valence-electron chi connectivity index (χ1n) is 5.27. The van der Waals surface area contributed by atoms with Crippen LogP contribution in [-0.4, -0.2) is 18.2 Å². The highest BCUT2D eigenvalue weighted by Gasteiger charge is 2.15. The fourth-order valence-corrected chi connectivity index (χ4v) is 2.38. The molecule has 0 saturated heterocycles. The van der Waals surface area contributed by atoms with Crippen LogP contribution in [-0.2, 0) is 10.5 Å². The van der Waals surface area contributed by atoms with E-state index in [1.807, 2.05) is 6.07 Å². The van der Waals surface area contributed by atoms with Gasteiger partial charge in [0.15, 0.2) is 0 Å². The van der Waals surface area contributed by atoms with E-state index in [1.165, 1.54) is 25.1 Å². The molecule has 0 atom stereocenters. The van der Waals surface area contributed by atoms with Crippen molar-refractivity contribution in [3.8, 4) is 5.75 Å². The molecule has 4 nitrogen and oxygen atoms in total. The molecule has 0 spiro atoms. The van der Waals surface area contributed by atoms with Gasteiger partial charge in [0.05, 0.1) is 13.4 Å². The molecule has 5 heteroatoms. The molecular weight excluding hydrogens is 252 g/mol. The van der Waals surface area contributed by atoms with Crippen LogP contribution in [0.4, 0.5) is 0 Å². The molecule has 0 aliphatic carbocycles. The van der Waals surface area contributed by atoms with E-state index in [4.69, 9.17) is 4.42 Å². The molecule has 1 heterocycles. The molecule has 1 N–H and O–H groups in total. The molecule has 0 aliphatic rings. The number of hydrogen-bond acceptors (Lipinski definition) is 5. The summed E-state index contributed by atoms with van der Waals surface area (Å²) in [5, 5.41) is 9.35.